The van der Waals surface area contributed by atoms with Crippen molar-refractivity contribution < 1.29 is 8.42 Å². The smallest absolute Gasteiger partial charge is 0.152 e. The first kappa shape index (κ1) is 12.0. The average molecular weight is 305 g/mol. The van der Waals surface area contributed by atoms with Gasteiger partial charge in [-0.2, -0.15) is 0 Å². The lowest BCUT2D eigenvalue weighted by molar-refractivity contribution is 0.284. The summed E-state index contributed by atoms with van der Waals surface area (Å²) in [6, 6.07) is 3.90. The first-order valence-corrected chi connectivity index (χ1v) is 7.70. The summed E-state index contributed by atoms with van der Waals surface area (Å²) in [4.78, 5) is 6.39. The number of hydrogen-bond donors (Lipinski definition) is 0. The summed E-state index contributed by atoms with van der Waals surface area (Å²) in [6.07, 6.45) is 1.76. The number of nitrogens with zero attached hydrogens (tertiary/aromatic N) is 2. The van der Waals surface area contributed by atoms with Gasteiger partial charge in [0.1, 0.15) is 0 Å². The van der Waals surface area contributed by atoms with Crippen molar-refractivity contribution in [2.75, 3.05) is 24.6 Å². The third kappa shape index (κ3) is 3.26. The maximum Gasteiger partial charge on any atom is 0.152 e. The van der Waals surface area contributed by atoms with Crippen molar-refractivity contribution in [3.63, 3.8) is 0 Å². The first-order chi connectivity index (χ1) is 7.55. The van der Waals surface area contributed by atoms with E-state index in [-0.39, 0.29) is 11.5 Å². The lowest BCUT2D eigenvalue weighted by Gasteiger charge is -2.25. The Labute approximate surface area is 104 Å². The van der Waals surface area contributed by atoms with Gasteiger partial charge in [0.05, 0.1) is 17.2 Å². The quantitative estimate of drug-likeness (QED) is 0.820. The molecule has 1 aliphatic heterocycles. The van der Waals surface area contributed by atoms with Gasteiger partial charge in [0.25, 0.3) is 0 Å². The van der Waals surface area contributed by atoms with Gasteiger partial charge in [0.15, 0.2) is 9.84 Å². The van der Waals surface area contributed by atoms with E-state index < -0.39 is 9.84 Å². The SMILES string of the molecule is O=S1(=O)CCN(Cc2ccc(Br)cn2)CC1. The summed E-state index contributed by atoms with van der Waals surface area (Å²) in [7, 11) is -2.78. The largest absolute Gasteiger partial charge is 0.295 e. The number of sulfone groups is 1. The van der Waals surface area contributed by atoms with Gasteiger partial charge >= 0.3 is 0 Å². The standard InChI is InChI=1S/C10H13BrN2O2S/c11-9-1-2-10(12-7-9)8-13-3-5-16(14,15)6-4-13/h1-2,7H,3-6,8H2. The van der Waals surface area contributed by atoms with Crippen molar-refractivity contribution in [1.29, 1.82) is 0 Å². The molecular weight excluding hydrogens is 292 g/mol. The van der Waals surface area contributed by atoms with E-state index in [0.717, 1.165) is 16.7 Å². The Balaban J connectivity index is 1.94. The maximum atomic E-state index is 11.2. The molecule has 0 aromatic carbocycles. The average Bonchev–Trinajstić information content (AvgIpc) is 2.24. The van der Waals surface area contributed by atoms with Crippen LogP contribution in [0.3, 0.4) is 0 Å². The summed E-state index contributed by atoms with van der Waals surface area (Å²) >= 11 is 3.33. The highest BCUT2D eigenvalue weighted by molar-refractivity contribution is 9.10. The summed E-state index contributed by atoms with van der Waals surface area (Å²) in [6.45, 7) is 1.95. The zero-order valence-electron chi connectivity index (χ0n) is 8.76. The van der Waals surface area contributed by atoms with Gasteiger partial charge in [-0.25, -0.2) is 8.42 Å². The second-order valence-corrected chi connectivity index (χ2v) is 7.12. The zero-order chi connectivity index (χ0) is 11.6. The lowest BCUT2D eigenvalue weighted by atomic mass is 10.3. The molecule has 1 saturated heterocycles. The molecule has 0 atom stereocenters. The molecule has 1 aromatic heterocycles. The molecule has 2 rings (SSSR count). The van der Waals surface area contributed by atoms with Crippen LogP contribution in [0.2, 0.25) is 0 Å². The highest BCUT2D eigenvalue weighted by Crippen LogP contribution is 2.11. The van der Waals surface area contributed by atoms with Crippen LogP contribution in [0, 0.1) is 0 Å². The third-order valence-electron chi connectivity index (χ3n) is 2.61. The Hall–Kier alpha value is -0.460. The van der Waals surface area contributed by atoms with Gasteiger partial charge in [-0.05, 0) is 28.1 Å². The van der Waals surface area contributed by atoms with Gasteiger partial charge in [0.2, 0.25) is 0 Å². The van der Waals surface area contributed by atoms with E-state index in [0.29, 0.717) is 13.1 Å². The van der Waals surface area contributed by atoms with Crippen LogP contribution in [-0.4, -0.2) is 42.9 Å². The minimum absolute atomic E-state index is 0.267. The monoisotopic (exact) mass is 304 g/mol. The Morgan fingerprint density at radius 3 is 2.56 bits per heavy atom. The minimum Gasteiger partial charge on any atom is -0.295 e. The van der Waals surface area contributed by atoms with Gasteiger partial charge in [0, 0.05) is 30.3 Å². The minimum atomic E-state index is -2.78. The zero-order valence-corrected chi connectivity index (χ0v) is 11.2. The Kier molecular flexibility index (Phi) is 3.61. The predicted octanol–water partition coefficient (Wildman–Crippen LogP) is 1.07. The molecule has 16 heavy (non-hydrogen) atoms. The Bertz CT molecular complexity index is 444. The molecule has 88 valence electrons. The summed E-state index contributed by atoms with van der Waals surface area (Å²) in [5.41, 5.74) is 0.975. The highest BCUT2D eigenvalue weighted by Gasteiger charge is 2.21. The lowest BCUT2D eigenvalue weighted by Crippen LogP contribution is -2.39. The molecule has 6 heteroatoms. The summed E-state index contributed by atoms with van der Waals surface area (Å²) in [5, 5.41) is 0. The van der Waals surface area contributed by atoms with E-state index in [2.05, 4.69) is 25.8 Å². The van der Waals surface area contributed by atoms with Crippen LogP contribution in [-0.2, 0) is 16.4 Å². The van der Waals surface area contributed by atoms with Crippen LogP contribution in [0.1, 0.15) is 5.69 Å². The first-order valence-electron chi connectivity index (χ1n) is 5.08. The van der Waals surface area contributed by atoms with Crippen molar-refractivity contribution in [1.82, 2.24) is 9.88 Å². The van der Waals surface area contributed by atoms with E-state index in [1.54, 1.807) is 6.20 Å². The number of rotatable bonds is 2. The number of aromatic nitrogens is 1. The van der Waals surface area contributed by atoms with Crippen LogP contribution >= 0.6 is 15.9 Å². The molecule has 0 amide bonds. The second kappa shape index (κ2) is 4.81. The van der Waals surface area contributed by atoms with Gasteiger partial charge in [-0.3, -0.25) is 9.88 Å². The van der Waals surface area contributed by atoms with Crippen LogP contribution in [0.4, 0.5) is 0 Å². The summed E-state index contributed by atoms with van der Waals surface area (Å²) < 4.78 is 23.4. The van der Waals surface area contributed by atoms with Crippen molar-refractivity contribution in [3.8, 4) is 0 Å². The molecule has 1 fully saturated rings. The Morgan fingerprint density at radius 2 is 2.00 bits per heavy atom. The van der Waals surface area contributed by atoms with Gasteiger partial charge < -0.3 is 0 Å². The number of halogens is 1. The second-order valence-electron chi connectivity index (χ2n) is 3.90. The number of pyridine rings is 1. The Morgan fingerprint density at radius 1 is 1.31 bits per heavy atom. The van der Waals surface area contributed by atoms with Gasteiger partial charge in [-0.15, -0.1) is 0 Å². The van der Waals surface area contributed by atoms with Crippen LogP contribution < -0.4 is 0 Å². The van der Waals surface area contributed by atoms with Crippen molar-refractivity contribution in [3.05, 3.63) is 28.5 Å². The van der Waals surface area contributed by atoms with Crippen molar-refractivity contribution in [2.24, 2.45) is 0 Å². The molecule has 0 radical (unpaired) electrons. The molecule has 0 aliphatic carbocycles. The van der Waals surface area contributed by atoms with E-state index >= 15 is 0 Å². The topological polar surface area (TPSA) is 50.3 Å². The molecule has 2 heterocycles. The van der Waals surface area contributed by atoms with Crippen LogP contribution in [0.25, 0.3) is 0 Å². The fraction of sp³-hybridized carbons (Fsp3) is 0.500. The van der Waals surface area contributed by atoms with Crippen molar-refractivity contribution >= 4 is 25.8 Å². The van der Waals surface area contributed by atoms with Crippen molar-refractivity contribution in [2.45, 2.75) is 6.54 Å². The highest BCUT2D eigenvalue weighted by atomic mass is 79.9. The molecule has 0 spiro atoms. The molecule has 1 aliphatic rings. The molecule has 0 unspecified atom stereocenters. The fourth-order valence-electron chi connectivity index (χ4n) is 1.64. The van der Waals surface area contributed by atoms with E-state index in [4.69, 9.17) is 0 Å². The van der Waals surface area contributed by atoms with Crippen LogP contribution in [0.15, 0.2) is 22.8 Å². The summed E-state index contributed by atoms with van der Waals surface area (Å²) in [5.74, 6) is 0.535. The molecule has 1 aromatic rings. The fourth-order valence-corrected chi connectivity index (χ4v) is 3.15. The van der Waals surface area contributed by atoms with Crippen LogP contribution in [0.5, 0.6) is 0 Å². The number of hydrogen-bond acceptors (Lipinski definition) is 4. The van der Waals surface area contributed by atoms with E-state index in [1.165, 1.54) is 0 Å². The molecule has 0 saturated carbocycles. The van der Waals surface area contributed by atoms with Gasteiger partial charge in [-0.1, -0.05) is 0 Å². The maximum absolute atomic E-state index is 11.2. The third-order valence-corrected chi connectivity index (χ3v) is 4.69. The molecule has 4 nitrogen and oxygen atoms in total. The van der Waals surface area contributed by atoms with E-state index in [9.17, 15) is 8.42 Å². The molecule has 0 bridgehead atoms. The molecule has 0 N–H and O–H groups in total. The molecular formula is C10H13BrN2O2S. The predicted molar refractivity (Wildman–Crippen MR) is 65.9 cm³/mol. The normalized spacial score (nSPS) is 20.8. The van der Waals surface area contributed by atoms with E-state index in [1.807, 2.05) is 12.1 Å².